The molecule has 7 nitrogen and oxygen atoms in total. The summed E-state index contributed by atoms with van der Waals surface area (Å²) in [5.41, 5.74) is 2.78. The van der Waals surface area contributed by atoms with E-state index >= 15 is 0 Å². The van der Waals surface area contributed by atoms with Gasteiger partial charge in [0.15, 0.2) is 0 Å². The molecule has 0 bridgehead atoms. The second kappa shape index (κ2) is 12.6. The van der Waals surface area contributed by atoms with Gasteiger partial charge in [0.25, 0.3) is 5.91 Å². The van der Waals surface area contributed by atoms with E-state index in [2.05, 4.69) is 41.1 Å². The average Bonchev–Trinajstić information content (AvgIpc) is 2.94. The Kier molecular flexibility index (Phi) is 9.04. The van der Waals surface area contributed by atoms with Crippen LogP contribution in [-0.2, 0) is 13.1 Å². The van der Waals surface area contributed by atoms with Crippen LogP contribution in [0.3, 0.4) is 0 Å². The van der Waals surface area contributed by atoms with Crippen molar-refractivity contribution in [1.29, 1.82) is 0 Å². The fourth-order valence-electron chi connectivity index (χ4n) is 4.85. The van der Waals surface area contributed by atoms with Gasteiger partial charge in [-0.05, 0) is 36.9 Å². The van der Waals surface area contributed by atoms with Gasteiger partial charge < -0.3 is 19.1 Å². The lowest BCUT2D eigenvalue weighted by Crippen LogP contribution is -2.55. The molecule has 196 valence electrons. The predicted octanol–water partition coefficient (Wildman–Crippen LogP) is 4.17. The fraction of sp³-hybridized carbons (Fsp3) is 0.367. The van der Waals surface area contributed by atoms with Gasteiger partial charge in [-0.3, -0.25) is 14.6 Å². The minimum absolute atomic E-state index is 0.0658. The molecule has 3 aromatic carbocycles. The van der Waals surface area contributed by atoms with E-state index < -0.39 is 0 Å². The number of para-hydroxylation sites is 1. The number of rotatable bonds is 10. The summed E-state index contributed by atoms with van der Waals surface area (Å²) in [6, 6.07) is 23.9. The SMILES string of the molecule is COc1ccc(CN(C[C@@H]2CN(Cc3ccccc3)CCN2C)C(=O)c2ccccc2OC)c(OC)c1. The molecule has 3 aromatic rings. The summed E-state index contributed by atoms with van der Waals surface area (Å²) in [6.07, 6.45) is 0. The Morgan fingerprint density at radius 1 is 0.892 bits per heavy atom. The molecular formula is C30H37N3O4. The number of carbonyl (C=O) groups is 1. The van der Waals surface area contributed by atoms with E-state index in [-0.39, 0.29) is 11.9 Å². The Hall–Kier alpha value is -3.55. The largest absolute Gasteiger partial charge is 0.497 e. The highest BCUT2D eigenvalue weighted by Gasteiger charge is 2.30. The van der Waals surface area contributed by atoms with Crippen LogP contribution < -0.4 is 14.2 Å². The highest BCUT2D eigenvalue weighted by molar-refractivity contribution is 5.97. The third-order valence-corrected chi connectivity index (χ3v) is 7.02. The van der Waals surface area contributed by atoms with Crippen molar-refractivity contribution in [3.05, 3.63) is 89.5 Å². The van der Waals surface area contributed by atoms with Crippen LogP contribution >= 0.6 is 0 Å². The quantitative estimate of drug-likeness (QED) is 0.414. The standard InChI is InChI=1S/C30H37N3O4/c1-31-16-17-32(19-23-10-6-5-7-11-23)21-25(31)22-33(30(34)27-12-8-9-13-28(27)36-3)20-24-14-15-26(35-2)18-29(24)37-4/h5-15,18,25H,16-17,19-22H2,1-4H3/t25-/m0/s1. The van der Waals surface area contributed by atoms with Gasteiger partial charge in [-0.15, -0.1) is 0 Å². The van der Waals surface area contributed by atoms with Gasteiger partial charge in [-0.25, -0.2) is 0 Å². The van der Waals surface area contributed by atoms with Crippen LogP contribution in [0.25, 0.3) is 0 Å². The topological polar surface area (TPSA) is 54.5 Å². The van der Waals surface area contributed by atoms with Gasteiger partial charge in [0.2, 0.25) is 0 Å². The molecule has 37 heavy (non-hydrogen) atoms. The molecule has 1 aliphatic rings. The Labute approximate surface area is 220 Å². The van der Waals surface area contributed by atoms with Crippen molar-refractivity contribution in [2.45, 2.75) is 19.1 Å². The van der Waals surface area contributed by atoms with Crippen LogP contribution in [0, 0.1) is 0 Å². The van der Waals surface area contributed by atoms with Gasteiger partial charge in [0.05, 0.1) is 26.9 Å². The zero-order valence-electron chi connectivity index (χ0n) is 22.2. The molecule has 0 aliphatic carbocycles. The molecule has 7 heteroatoms. The van der Waals surface area contributed by atoms with Crippen LogP contribution in [0.1, 0.15) is 21.5 Å². The molecule has 0 spiro atoms. The zero-order chi connectivity index (χ0) is 26.2. The molecule has 1 saturated heterocycles. The number of methoxy groups -OCH3 is 3. The first-order chi connectivity index (χ1) is 18.0. The molecule has 0 radical (unpaired) electrons. The van der Waals surface area contributed by atoms with Crippen molar-refractivity contribution in [1.82, 2.24) is 14.7 Å². The maximum atomic E-state index is 14.0. The normalized spacial score (nSPS) is 16.3. The maximum Gasteiger partial charge on any atom is 0.257 e. The molecule has 0 saturated carbocycles. The molecule has 1 amide bonds. The number of carbonyl (C=O) groups excluding carboxylic acids is 1. The first-order valence-electron chi connectivity index (χ1n) is 12.6. The number of amides is 1. The van der Waals surface area contributed by atoms with Gasteiger partial charge >= 0.3 is 0 Å². The number of piperazine rings is 1. The van der Waals surface area contributed by atoms with E-state index in [4.69, 9.17) is 14.2 Å². The minimum Gasteiger partial charge on any atom is -0.497 e. The Bertz CT molecular complexity index is 1170. The molecular weight excluding hydrogens is 466 g/mol. The Morgan fingerprint density at radius 3 is 2.35 bits per heavy atom. The predicted molar refractivity (Wildman–Crippen MR) is 145 cm³/mol. The van der Waals surface area contributed by atoms with E-state index in [9.17, 15) is 4.79 Å². The maximum absolute atomic E-state index is 14.0. The molecule has 1 atom stereocenters. The van der Waals surface area contributed by atoms with Crippen molar-refractivity contribution in [3.63, 3.8) is 0 Å². The number of likely N-dealkylation sites (N-methyl/N-ethyl adjacent to an activating group) is 1. The number of hydrogen-bond acceptors (Lipinski definition) is 6. The van der Waals surface area contributed by atoms with Crippen molar-refractivity contribution in [2.24, 2.45) is 0 Å². The van der Waals surface area contributed by atoms with E-state index in [1.165, 1.54) is 5.56 Å². The van der Waals surface area contributed by atoms with Crippen LogP contribution in [0.4, 0.5) is 0 Å². The van der Waals surface area contributed by atoms with Crippen molar-refractivity contribution >= 4 is 5.91 Å². The van der Waals surface area contributed by atoms with Gasteiger partial charge in [-0.2, -0.15) is 0 Å². The number of nitrogens with zero attached hydrogens (tertiary/aromatic N) is 3. The first-order valence-corrected chi connectivity index (χ1v) is 12.6. The smallest absolute Gasteiger partial charge is 0.257 e. The summed E-state index contributed by atoms with van der Waals surface area (Å²) < 4.78 is 16.6. The minimum atomic E-state index is -0.0658. The summed E-state index contributed by atoms with van der Waals surface area (Å²) in [5.74, 6) is 1.91. The second-order valence-corrected chi connectivity index (χ2v) is 9.42. The molecule has 1 heterocycles. The average molecular weight is 504 g/mol. The van der Waals surface area contributed by atoms with Gasteiger partial charge in [0, 0.05) is 56.9 Å². The van der Waals surface area contributed by atoms with Crippen molar-refractivity contribution in [3.8, 4) is 17.2 Å². The monoisotopic (exact) mass is 503 g/mol. The Balaban J connectivity index is 1.60. The van der Waals surface area contributed by atoms with Crippen molar-refractivity contribution < 1.29 is 19.0 Å². The van der Waals surface area contributed by atoms with Gasteiger partial charge in [-0.1, -0.05) is 42.5 Å². The third kappa shape index (κ3) is 6.61. The third-order valence-electron chi connectivity index (χ3n) is 7.02. The first kappa shape index (κ1) is 26.5. The number of ether oxygens (including phenoxy) is 3. The van der Waals surface area contributed by atoms with Crippen molar-refractivity contribution in [2.75, 3.05) is 54.6 Å². The van der Waals surface area contributed by atoms with E-state index in [0.717, 1.165) is 31.7 Å². The van der Waals surface area contributed by atoms with E-state index in [0.29, 0.717) is 35.9 Å². The molecule has 1 fully saturated rings. The van der Waals surface area contributed by atoms with Crippen LogP contribution in [0.2, 0.25) is 0 Å². The lowest BCUT2D eigenvalue weighted by atomic mass is 10.1. The lowest BCUT2D eigenvalue weighted by molar-refractivity contribution is 0.0489. The highest BCUT2D eigenvalue weighted by atomic mass is 16.5. The zero-order valence-corrected chi connectivity index (χ0v) is 22.2. The van der Waals surface area contributed by atoms with Crippen LogP contribution in [-0.4, -0.2) is 81.2 Å². The molecule has 1 aliphatic heterocycles. The van der Waals surface area contributed by atoms with Crippen LogP contribution in [0.5, 0.6) is 17.2 Å². The van der Waals surface area contributed by atoms with Gasteiger partial charge in [0.1, 0.15) is 17.2 Å². The lowest BCUT2D eigenvalue weighted by Gasteiger charge is -2.41. The Morgan fingerprint density at radius 2 is 1.62 bits per heavy atom. The molecule has 4 rings (SSSR count). The highest BCUT2D eigenvalue weighted by Crippen LogP contribution is 2.28. The summed E-state index contributed by atoms with van der Waals surface area (Å²) in [6.45, 7) is 4.70. The number of hydrogen-bond donors (Lipinski definition) is 0. The summed E-state index contributed by atoms with van der Waals surface area (Å²) in [4.78, 5) is 20.7. The summed E-state index contributed by atoms with van der Waals surface area (Å²) >= 11 is 0. The molecule has 0 unspecified atom stereocenters. The van der Waals surface area contributed by atoms with E-state index in [1.54, 1.807) is 21.3 Å². The summed E-state index contributed by atoms with van der Waals surface area (Å²) in [5, 5.41) is 0. The fourth-order valence-corrected chi connectivity index (χ4v) is 4.85. The number of benzene rings is 3. The van der Waals surface area contributed by atoms with E-state index in [1.807, 2.05) is 53.4 Å². The summed E-state index contributed by atoms with van der Waals surface area (Å²) in [7, 11) is 7.01. The van der Waals surface area contributed by atoms with Crippen LogP contribution in [0.15, 0.2) is 72.8 Å². The second-order valence-electron chi connectivity index (χ2n) is 9.42. The molecule has 0 N–H and O–H groups in total. The molecule has 0 aromatic heterocycles.